The minimum atomic E-state index is 0.224. The highest BCUT2D eigenvalue weighted by atomic mass is 16.3. The number of aliphatic imine (C=N–C) groups is 1. The Kier molecular flexibility index (Phi) is 6.90. The number of guanidine groups is 1. The topological polar surface area (TPSA) is 69.9 Å². The van der Waals surface area contributed by atoms with Crippen LogP contribution in [0.2, 0.25) is 0 Å². The first-order chi connectivity index (χ1) is 13.3. The van der Waals surface area contributed by atoms with Crippen LogP contribution >= 0.6 is 0 Å². The number of furan rings is 1. The zero-order chi connectivity index (χ0) is 18.9. The molecule has 0 aliphatic carbocycles. The van der Waals surface area contributed by atoms with Crippen molar-refractivity contribution in [2.75, 3.05) is 24.5 Å². The van der Waals surface area contributed by atoms with E-state index < -0.39 is 0 Å². The molecule has 1 saturated heterocycles. The van der Waals surface area contributed by atoms with Gasteiger partial charge in [-0.3, -0.25) is 4.79 Å². The summed E-state index contributed by atoms with van der Waals surface area (Å²) in [6, 6.07) is 12.0. The Hall–Kier alpha value is -2.76. The van der Waals surface area contributed by atoms with Crippen molar-refractivity contribution >= 4 is 17.6 Å². The van der Waals surface area contributed by atoms with Crippen LogP contribution in [0.1, 0.15) is 37.5 Å². The molecule has 1 aromatic carbocycles. The molecule has 0 atom stereocenters. The molecule has 1 amide bonds. The summed E-state index contributed by atoms with van der Waals surface area (Å²) >= 11 is 0. The summed E-state index contributed by atoms with van der Waals surface area (Å²) in [5.74, 6) is 1.97. The van der Waals surface area contributed by atoms with Gasteiger partial charge in [0.05, 0.1) is 12.8 Å². The van der Waals surface area contributed by atoms with E-state index in [0.29, 0.717) is 13.0 Å². The molecule has 1 aliphatic heterocycles. The number of piperidine rings is 1. The lowest BCUT2D eigenvalue weighted by Gasteiger charge is -2.26. The molecule has 0 spiro atoms. The lowest BCUT2D eigenvalue weighted by molar-refractivity contribution is -0.119. The molecule has 144 valence electrons. The molecule has 1 aromatic heterocycles. The van der Waals surface area contributed by atoms with Crippen LogP contribution in [0.4, 0.5) is 5.69 Å². The molecule has 1 aliphatic rings. The Bertz CT molecular complexity index is 738. The van der Waals surface area contributed by atoms with Crippen LogP contribution in [0.3, 0.4) is 0 Å². The van der Waals surface area contributed by atoms with Gasteiger partial charge in [0.1, 0.15) is 5.76 Å². The molecule has 6 heteroatoms. The lowest BCUT2D eigenvalue weighted by atomic mass is 10.1. The molecule has 3 rings (SSSR count). The number of rotatable bonds is 7. The van der Waals surface area contributed by atoms with E-state index in [0.717, 1.165) is 61.9 Å². The highest BCUT2D eigenvalue weighted by molar-refractivity contribution is 5.93. The summed E-state index contributed by atoms with van der Waals surface area (Å²) < 4.78 is 5.35. The number of anilines is 1. The number of hydrogen-bond acceptors (Lipinski definition) is 3. The minimum Gasteiger partial charge on any atom is -0.469 e. The maximum absolute atomic E-state index is 12.0. The molecule has 1 fully saturated rings. The van der Waals surface area contributed by atoms with Crippen LogP contribution in [0.25, 0.3) is 0 Å². The smallest absolute Gasteiger partial charge is 0.226 e. The van der Waals surface area contributed by atoms with E-state index in [1.807, 2.05) is 48.2 Å². The number of amides is 1. The van der Waals surface area contributed by atoms with Gasteiger partial charge in [-0.05, 0) is 49.6 Å². The molecule has 2 N–H and O–H groups in total. The molecular formula is C21H28N4O2. The van der Waals surface area contributed by atoms with E-state index in [9.17, 15) is 4.79 Å². The second-order valence-electron chi connectivity index (χ2n) is 6.62. The summed E-state index contributed by atoms with van der Waals surface area (Å²) in [5.41, 5.74) is 2.10. The third-order valence-corrected chi connectivity index (χ3v) is 4.58. The predicted molar refractivity (Wildman–Crippen MR) is 108 cm³/mol. The Morgan fingerprint density at radius 2 is 2.04 bits per heavy atom. The zero-order valence-corrected chi connectivity index (χ0v) is 15.9. The minimum absolute atomic E-state index is 0.224. The molecule has 0 saturated carbocycles. The average molecular weight is 368 g/mol. The van der Waals surface area contributed by atoms with Gasteiger partial charge in [-0.15, -0.1) is 0 Å². The van der Waals surface area contributed by atoms with Crippen LogP contribution in [-0.4, -0.2) is 31.5 Å². The van der Waals surface area contributed by atoms with Crippen LogP contribution in [0.5, 0.6) is 0 Å². The SMILES string of the molecule is CCNC(=NCc1ccc(N2CCCCC2=O)cc1)NCCc1ccco1. The molecule has 27 heavy (non-hydrogen) atoms. The number of nitrogens with one attached hydrogen (secondary N) is 2. The highest BCUT2D eigenvalue weighted by Gasteiger charge is 2.19. The molecule has 0 radical (unpaired) electrons. The Balaban J connectivity index is 1.54. The van der Waals surface area contributed by atoms with E-state index >= 15 is 0 Å². The van der Waals surface area contributed by atoms with Gasteiger partial charge in [-0.2, -0.15) is 0 Å². The van der Waals surface area contributed by atoms with Gasteiger partial charge in [0.2, 0.25) is 5.91 Å². The van der Waals surface area contributed by atoms with Crippen LogP contribution < -0.4 is 15.5 Å². The molecular weight excluding hydrogens is 340 g/mol. The number of nitrogens with zero attached hydrogens (tertiary/aromatic N) is 2. The van der Waals surface area contributed by atoms with Crippen LogP contribution in [0.15, 0.2) is 52.1 Å². The summed E-state index contributed by atoms with van der Waals surface area (Å²) in [6.45, 7) is 5.02. The quantitative estimate of drug-likeness (QED) is 0.582. The molecule has 2 heterocycles. The maximum Gasteiger partial charge on any atom is 0.226 e. The number of benzene rings is 1. The van der Waals surface area contributed by atoms with Crippen molar-refractivity contribution in [3.05, 3.63) is 54.0 Å². The van der Waals surface area contributed by atoms with Crippen molar-refractivity contribution in [1.29, 1.82) is 0 Å². The van der Waals surface area contributed by atoms with Crippen molar-refractivity contribution < 1.29 is 9.21 Å². The monoisotopic (exact) mass is 368 g/mol. The van der Waals surface area contributed by atoms with E-state index in [4.69, 9.17) is 4.42 Å². The fourth-order valence-electron chi connectivity index (χ4n) is 3.13. The largest absolute Gasteiger partial charge is 0.469 e. The summed E-state index contributed by atoms with van der Waals surface area (Å²) in [7, 11) is 0. The van der Waals surface area contributed by atoms with E-state index in [-0.39, 0.29) is 5.91 Å². The first kappa shape index (κ1) is 19.0. The van der Waals surface area contributed by atoms with Gasteiger partial charge in [0.25, 0.3) is 0 Å². The van der Waals surface area contributed by atoms with Gasteiger partial charge in [0, 0.05) is 38.2 Å². The Morgan fingerprint density at radius 1 is 1.19 bits per heavy atom. The summed E-state index contributed by atoms with van der Waals surface area (Å²) in [5, 5.41) is 6.58. The van der Waals surface area contributed by atoms with Gasteiger partial charge in [-0.25, -0.2) is 4.99 Å². The first-order valence-electron chi connectivity index (χ1n) is 9.70. The van der Waals surface area contributed by atoms with Crippen LogP contribution in [-0.2, 0) is 17.8 Å². The van der Waals surface area contributed by atoms with Crippen molar-refractivity contribution in [3.63, 3.8) is 0 Å². The third kappa shape index (κ3) is 5.61. The predicted octanol–water partition coefficient (Wildman–Crippen LogP) is 3.09. The van der Waals surface area contributed by atoms with E-state index in [1.54, 1.807) is 6.26 Å². The number of carbonyl (C=O) groups excluding carboxylic acids is 1. The number of hydrogen-bond donors (Lipinski definition) is 2. The van der Waals surface area contributed by atoms with Gasteiger partial charge in [-0.1, -0.05) is 12.1 Å². The van der Waals surface area contributed by atoms with Crippen molar-refractivity contribution in [3.8, 4) is 0 Å². The second kappa shape index (κ2) is 9.80. The average Bonchev–Trinajstić information content (AvgIpc) is 3.20. The standard InChI is InChI=1S/C21H28N4O2/c1-2-22-21(23-13-12-19-6-5-15-27-19)24-16-17-8-10-18(11-9-17)25-14-4-3-7-20(25)26/h5-6,8-11,15H,2-4,7,12-14,16H2,1H3,(H2,22,23,24). The Morgan fingerprint density at radius 3 is 2.74 bits per heavy atom. The van der Waals surface area contributed by atoms with Gasteiger partial charge in [0.15, 0.2) is 5.96 Å². The van der Waals surface area contributed by atoms with Gasteiger partial charge >= 0.3 is 0 Å². The fourth-order valence-corrected chi connectivity index (χ4v) is 3.13. The Labute approximate surface area is 160 Å². The summed E-state index contributed by atoms with van der Waals surface area (Å²) in [6.07, 6.45) is 5.24. The fraction of sp³-hybridized carbons (Fsp3) is 0.429. The second-order valence-corrected chi connectivity index (χ2v) is 6.62. The lowest BCUT2D eigenvalue weighted by Crippen LogP contribution is -2.38. The third-order valence-electron chi connectivity index (χ3n) is 4.58. The first-order valence-corrected chi connectivity index (χ1v) is 9.70. The maximum atomic E-state index is 12.0. The molecule has 2 aromatic rings. The van der Waals surface area contributed by atoms with E-state index in [1.165, 1.54) is 0 Å². The molecule has 6 nitrogen and oxygen atoms in total. The molecule has 0 bridgehead atoms. The number of carbonyl (C=O) groups is 1. The highest BCUT2D eigenvalue weighted by Crippen LogP contribution is 2.21. The zero-order valence-electron chi connectivity index (χ0n) is 15.9. The normalized spacial score (nSPS) is 15.1. The van der Waals surface area contributed by atoms with Gasteiger partial charge < -0.3 is 20.0 Å². The van der Waals surface area contributed by atoms with Crippen LogP contribution in [0, 0.1) is 0 Å². The van der Waals surface area contributed by atoms with Crippen molar-refractivity contribution in [2.24, 2.45) is 4.99 Å². The van der Waals surface area contributed by atoms with Crippen molar-refractivity contribution in [1.82, 2.24) is 10.6 Å². The van der Waals surface area contributed by atoms with Crippen molar-refractivity contribution in [2.45, 2.75) is 39.2 Å². The summed E-state index contributed by atoms with van der Waals surface area (Å²) in [4.78, 5) is 18.6. The molecule has 0 unspecified atom stereocenters. The van der Waals surface area contributed by atoms with E-state index in [2.05, 4.69) is 15.6 Å².